The van der Waals surface area contributed by atoms with Gasteiger partial charge in [0.05, 0.1) is 10.4 Å². The minimum atomic E-state index is -4.34. The summed E-state index contributed by atoms with van der Waals surface area (Å²) in [4.78, 5) is 17.5. The third-order valence-corrected chi connectivity index (χ3v) is 7.04. The van der Waals surface area contributed by atoms with Gasteiger partial charge in [-0.3, -0.25) is 9.69 Å². The first kappa shape index (κ1) is 24.3. The largest absolute Gasteiger partial charge is 0.489 e. The van der Waals surface area contributed by atoms with E-state index < -0.39 is 11.7 Å². The number of piperazine rings is 1. The van der Waals surface area contributed by atoms with E-state index in [0.29, 0.717) is 49.8 Å². The molecule has 1 aliphatic rings. The van der Waals surface area contributed by atoms with Crippen molar-refractivity contribution in [2.24, 2.45) is 0 Å². The molecule has 0 bridgehead atoms. The first-order chi connectivity index (χ1) is 16.2. The minimum Gasteiger partial charge on any atom is -0.489 e. The molecule has 2 heterocycles. The highest BCUT2D eigenvalue weighted by Crippen LogP contribution is 2.30. The van der Waals surface area contributed by atoms with E-state index >= 15 is 0 Å². The van der Waals surface area contributed by atoms with Gasteiger partial charge >= 0.3 is 6.18 Å². The number of nitrogens with zero attached hydrogens (tertiary/aromatic N) is 2. The minimum absolute atomic E-state index is 0.0128. The van der Waals surface area contributed by atoms with Crippen molar-refractivity contribution < 1.29 is 22.7 Å². The van der Waals surface area contributed by atoms with Crippen molar-refractivity contribution in [2.45, 2.75) is 33.2 Å². The van der Waals surface area contributed by atoms with Crippen LogP contribution in [0.1, 0.15) is 37.5 Å². The Kier molecular flexibility index (Phi) is 7.28. The third kappa shape index (κ3) is 5.98. The zero-order valence-electron chi connectivity index (χ0n) is 19.2. The number of rotatable bonds is 6. The van der Waals surface area contributed by atoms with E-state index in [1.54, 1.807) is 6.07 Å². The van der Waals surface area contributed by atoms with E-state index in [1.807, 2.05) is 41.5 Å². The number of halogens is 3. The van der Waals surface area contributed by atoms with Crippen molar-refractivity contribution in [2.75, 3.05) is 26.2 Å². The topological polar surface area (TPSA) is 32.8 Å². The van der Waals surface area contributed by atoms with E-state index in [0.717, 1.165) is 17.4 Å². The standard InChI is InChI=1S/C26H27F3N2O2S/c1-18-6-7-23(12-19(18)2)33-16-21-14-24(34-17-21)25(32)31-10-8-30(9-11-31)15-20-4-3-5-22(13-20)26(27,28)29/h3-7,12-14,17H,8-11,15-16H2,1-2H3. The molecular weight excluding hydrogens is 461 g/mol. The third-order valence-electron chi connectivity index (χ3n) is 6.07. The number of carbonyl (C=O) groups excluding carboxylic acids is 1. The zero-order chi connectivity index (χ0) is 24.3. The average molecular weight is 489 g/mol. The van der Waals surface area contributed by atoms with E-state index in [-0.39, 0.29) is 5.91 Å². The van der Waals surface area contributed by atoms with Crippen LogP contribution in [0.25, 0.3) is 0 Å². The molecule has 34 heavy (non-hydrogen) atoms. The first-order valence-electron chi connectivity index (χ1n) is 11.1. The summed E-state index contributed by atoms with van der Waals surface area (Å²) in [7, 11) is 0. The molecule has 1 fully saturated rings. The fourth-order valence-corrected chi connectivity index (χ4v) is 4.77. The number of hydrogen-bond donors (Lipinski definition) is 0. The quantitative estimate of drug-likeness (QED) is 0.432. The van der Waals surface area contributed by atoms with Crippen LogP contribution in [-0.2, 0) is 19.3 Å². The molecule has 4 rings (SSSR count). The Morgan fingerprint density at radius 3 is 2.44 bits per heavy atom. The number of thiophene rings is 1. The Morgan fingerprint density at radius 2 is 1.74 bits per heavy atom. The lowest BCUT2D eigenvalue weighted by molar-refractivity contribution is -0.137. The van der Waals surface area contributed by atoms with E-state index in [9.17, 15) is 18.0 Å². The highest BCUT2D eigenvalue weighted by molar-refractivity contribution is 7.12. The van der Waals surface area contributed by atoms with E-state index in [2.05, 4.69) is 11.8 Å². The van der Waals surface area contributed by atoms with Crippen molar-refractivity contribution >= 4 is 17.2 Å². The Hall–Kier alpha value is -2.84. The predicted octanol–water partition coefficient (Wildman–Crippen LogP) is 5.92. The van der Waals surface area contributed by atoms with Gasteiger partial charge in [-0.2, -0.15) is 13.2 Å². The van der Waals surface area contributed by atoms with Gasteiger partial charge in [-0.15, -0.1) is 11.3 Å². The second-order valence-corrected chi connectivity index (χ2v) is 9.53. The van der Waals surface area contributed by atoms with E-state index in [1.165, 1.54) is 34.6 Å². The maximum absolute atomic E-state index is 13.0. The molecule has 0 saturated carbocycles. The molecule has 1 aliphatic heterocycles. The van der Waals surface area contributed by atoms with Gasteiger partial charge in [0.15, 0.2) is 0 Å². The van der Waals surface area contributed by atoms with Gasteiger partial charge in [0, 0.05) is 38.3 Å². The molecule has 1 amide bonds. The lowest BCUT2D eigenvalue weighted by Gasteiger charge is -2.34. The molecule has 0 unspecified atom stereocenters. The lowest BCUT2D eigenvalue weighted by atomic mass is 10.1. The second-order valence-electron chi connectivity index (χ2n) is 8.62. The highest BCUT2D eigenvalue weighted by Gasteiger charge is 2.30. The average Bonchev–Trinajstić information content (AvgIpc) is 3.29. The maximum Gasteiger partial charge on any atom is 0.416 e. The molecule has 0 atom stereocenters. The van der Waals surface area contributed by atoms with Crippen molar-refractivity contribution in [3.8, 4) is 5.75 Å². The van der Waals surface area contributed by atoms with Crippen LogP contribution in [0.15, 0.2) is 53.9 Å². The molecular formula is C26H27F3N2O2S. The van der Waals surface area contributed by atoms with Gasteiger partial charge in [0.1, 0.15) is 12.4 Å². The van der Waals surface area contributed by atoms with Crippen LogP contribution in [0.5, 0.6) is 5.75 Å². The number of ether oxygens (including phenoxy) is 1. The summed E-state index contributed by atoms with van der Waals surface area (Å²) in [5, 5.41) is 1.94. The molecule has 0 spiro atoms. The smallest absolute Gasteiger partial charge is 0.416 e. The molecule has 0 aliphatic carbocycles. The van der Waals surface area contributed by atoms with Gasteiger partial charge in [-0.25, -0.2) is 0 Å². The molecule has 1 aromatic heterocycles. The second kappa shape index (κ2) is 10.2. The maximum atomic E-state index is 13.0. The molecule has 3 aromatic rings. The van der Waals surface area contributed by atoms with Crippen LogP contribution in [0.4, 0.5) is 13.2 Å². The number of alkyl halides is 3. The number of amides is 1. The number of hydrogen-bond acceptors (Lipinski definition) is 4. The fourth-order valence-electron chi connectivity index (χ4n) is 3.90. The van der Waals surface area contributed by atoms with Crippen LogP contribution in [0.2, 0.25) is 0 Å². The number of benzene rings is 2. The first-order valence-corrected chi connectivity index (χ1v) is 12.0. The van der Waals surface area contributed by atoms with Gasteiger partial charge in [0.25, 0.3) is 5.91 Å². The molecule has 2 aromatic carbocycles. The van der Waals surface area contributed by atoms with Gasteiger partial charge in [0.2, 0.25) is 0 Å². The van der Waals surface area contributed by atoms with Crippen LogP contribution in [-0.4, -0.2) is 41.9 Å². The molecule has 180 valence electrons. The van der Waals surface area contributed by atoms with E-state index in [4.69, 9.17) is 4.74 Å². The van der Waals surface area contributed by atoms with Crippen LogP contribution >= 0.6 is 11.3 Å². The Balaban J connectivity index is 1.28. The van der Waals surface area contributed by atoms with Crippen LogP contribution in [0.3, 0.4) is 0 Å². The summed E-state index contributed by atoms with van der Waals surface area (Å²) < 4.78 is 44.7. The van der Waals surface area contributed by atoms with Crippen molar-refractivity contribution in [1.29, 1.82) is 0 Å². The summed E-state index contributed by atoms with van der Waals surface area (Å²) in [5.41, 5.74) is 3.33. The SMILES string of the molecule is Cc1ccc(OCc2csc(C(=O)N3CCN(Cc4cccc(C(F)(F)F)c4)CC3)c2)cc1C. The number of carbonyl (C=O) groups is 1. The fraction of sp³-hybridized carbons (Fsp3) is 0.346. The Labute approximate surface area is 201 Å². The predicted molar refractivity (Wildman–Crippen MR) is 127 cm³/mol. The molecule has 0 radical (unpaired) electrons. The number of aryl methyl sites for hydroxylation is 2. The zero-order valence-corrected chi connectivity index (χ0v) is 20.0. The summed E-state index contributed by atoms with van der Waals surface area (Å²) in [6, 6.07) is 13.3. The van der Waals surface area contributed by atoms with Crippen molar-refractivity contribution in [3.05, 3.63) is 86.6 Å². The molecule has 4 nitrogen and oxygen atoms in total. The highest BCUT2D eigenvalue weighted by atomic mass is 32.1. The Morgan fingerprint density at radius 1 is 0.971 bits per heavy atom. The lowest BCUT2D eigenvalue weighted by Crippen LogP contribution is -2.48. The van der Waals surface area contributed by atoms with Crippen molar-refractivity contribution in [3.63, 3.8) is 0 Å². The summed E-state index contributed by atoms with van der Waals surface area (Å²) in [6.45, 7) is 7.27. The van der Waals surface area contributed by atoms with Crippen molar-refractivity contribution in [1.82, 2.24) is 9.80 Å². The Bertz CT molecular complexity index is 1150. The normalized spacial score (nSPS) is 14.9. The molecule has 0 N–H and O–H groups in total. The van der Waals surface area contributed by atoms with Crippen LogP contribution < -0.4 is 4.74 Å². The van der Waals surface area contributed by atoms with Gasteiger partial charge < -0.3 is 9.64 Å². The molecule has 8 heteroatoms. The summed E-state index contributed by atoms with van der Waals surface area (Å²) in [6.07, 6.45) is -4.34. The van der Waals surface area contributed by atoms with Crippen LogP contribution in [0, 0.1) is 13.8 Å². The van der Waals surface area contributed by atoms with Gasteiger partial charge in [-0.05, 0) is 60.2 Å². The summed E-state index contributed by atoms with van der Waals surface area (Å²) >= 11 is 1.41. The molecule has 1 saturated heterocycles. The summed E-state index contributed by atoms with van der Waals surface area (Å²) in [5.74, 6) is 0.792. The monoisotopic (exact) mass is 488 g/mol. The van der Waals surface area contributed by atoms with Gasteiger partial charge in [-0.1, -0.05) is 24.3 Å².